The number of likely N-dealkylation sites (tertiary alicyclic amines) is 1. The number of aromatic nitrogens is 4. The van der Waals surface area contributed by atoms with E-state index in [0.29, 0.717) is 24.7 Å². The zero-order chi connectivity index (χ0) is 18.0. The summed E-state index contributed by atoms with van der Waals surface area (Å²) >= 11 is 0. The van der Waals surface area contributed by atoms with Crippen LogP contribution in [0.1, 0.15) is 74.6 Å². The predicted octanol–water partition coefficient (Wildman–Crippen LogP) is 3.15. The largest absolute Gasteiger partial charge is 0.337 e. The van der Waals surface area contributed by atoms with Crippen molar-refractivity contribution in [1.29, 1.82) is 0 Å². The summed E-state index contributed by atoms with van der Waals surface area (Å²) in [5.74, 6) is 1.62. The predicted molar refractivity (Wildman–Crippen MR) is 93.0 cm³/mol. The normalized spacial score (nSPS) is 18.1. The fourth-order valence-corrected chi connectivity index (χ4v) is 3.35. The smallest absolute Gasteiger partial charge is 0.249 e. The Hall–Kier alpha value is -2.18. The summed E-state index contributed by atoms with van der Waals surface area (Å²) in [6, 6.07) is 1.93. The summed E-state index contributed by atoms with van der Waals surface area (Å²) in [6.07, 6.45) is 3.41. The monoisotopic (exact) mass is 345 g/mol. The highest BCUT2D eigenvalue weighted by Crippen LogP contribution is 2.31. The molecule has 0 saturated carbocycles. The quantitative estimate of drug-likeness (QED) is 0.832. The molecule has 0 N–H and O–H groups in total. The van der Waals surface area contributed by atoms with Crippen LogP contribution in [0.2, 0.25) is 0 Å². The molecule has 1 aliphatic rings. The Balaban J connectivity index is 1.69. The van der Waals surface area contributed by atoms with Gasteiger partial charge in [-0.05, 0) is 39.2 Å². The van der Waals surface area contributed by atoms with E-state index in [9.17, 15) is 4.79 Å². The molecular weight excluding hydrogens is 318 g/mol. The second-order valence-corrected chi connectivity index (χ2v) is 7.14. The first-order valence-electron chi connectivity index (χ1n) is 9.09. The summed E-state index contributed by atoms with van der Waals surface area (Å²) in [5.41, 5.74) is 2.06. The van der Waals surface area contributed by atoms with Gasteiger partial charge in [0.2, 0.25) is 11.8 Å². The van der Waals surface area contributed by atoms with E-state index in [0.717, 1.165) is 37.2 Å². The maximum Gasteiger partial charge on any atom is 0.249 e. The highest BCUT2D eigenvalue weighted by molar-refractivity contribution is 5.76. The van der Waals surface area contributed by atoms with Crippen LogP contribution in [-0.2, 0) is 11.3 Å². The summed E-state index contributed by atoms with van der Waals surface area (Å²) < 4.78 is 7.36. The number of carbonyl (C=O) groups is 1. The van der Waals surface area contributed by atoms with E-state index in [1.54, 1.807) is 0 Å². The van der Waals surface area contributed by atoms with Crippen LogP contribution in [0.3, 0.4) is 0 Å². The molecular formula is C18H27N5O2. The first kappa shape index (κ1) is 17.6. The first-order valence-corrected chi connectivity index (χ1v) is 9.09. The van der Waals surface area contributed by atoms with Gasteiger partial charge in [-0.3, -0.25) is 9.48 Å². The third-order valence-electron chi connectivity index (χ3n) is 4.72. The van der Waals surface area contributed by atoms with Gasteiger partial charge < -0.3 is 9.42 Å². The van der Waals surface area contributed by atoms with Crippen LogP contribution in [0.25, 0.3) is 0 Å². The van der Waals surface area contributed by atoms with Crippen LogP contribution in [-0.4, -0.2) is 37.3 Å². The summed E-state index contributed by atoms with van der Waals surface area (Å²) in [7, 11) is 0. The molecule has 1 aliphatic heterocycles. The summed E-state index contributed by atoms with van der Waals surface area (Å²) in [6.45, 7) is 9.40. The van der Waals surface area contributed by atoms with Gasteiger partial charge in [-0.1, -0.05) is 19.0 Å². The Morgan fingerprint density at radius 1 is 1.36 bits per heavy atom. The topological polar surface area (TPSA) is 77.0 Å². The molecule has 7 heteroatoms. The van der Waals surface area contributed by atoms with Crippen molar-refractivity contribution in [1.82, 2.24) is 24.8 Å². The van der Waals surface area contributed by atoms with Gasteiger partial charge in [0, 0.05) is 31.1 Å². The third kappa shape index (κ3) is 3.91. The van der Waals surface area contributed by atoms with E-state index in [1.165, 1.54) is 0 Å². The van der Waals surface area contributed by atoms with Crippen molar-refractivity contribution in [3.05, 3.63) is 29.2 Å². The molecule has 0 radical (unpaired) electrons. The van der Waals surface area contributed by atoms with Crippen molar-refractivity contribution < 1.29 is 9.32 Å². The van der Waals surface area contributed by atoms with Gasteiger partial charge in [0.25, 0.3) is 0 Å². The van der Waals surface area contributed by atoms with E-state index in [-0.39, 0.29) is 17.9 Å². The number of aryl methyl sites for hydroxylation is 3. The van der Waals surface area contributed by atoms with Crippen molar-refractivity contribution >= 4 is 5.91 Å². The Labute approximate surface area is 148 Å². The van der Waals surface area contributed by atoms with Crippen LogP contribution in [0.5, 0.6) is 0 Å². The van der Waals surface area contributed by atoms with Crippen molar-refractivity contribution in [2.75, 3.05) is 6.54 Å². The maximum absolute atomic E-state index is 12.8. The standard InChI is InChI=1S/C18H27N5O2/c1-12(2)17-19-18(25-21-17)15-7-5-6-9-22(15)16(24)8-10-23-14(4)11-13(3)20-23/h11-12,15H,5-10H2,1-4H3/t15-/m0/s1. The van der Waals surface area contributed by atoms with Gasteiger partial charge in [-0.25, -0.2) is 0 Å². The number of hydrogen-bond acceptors (Lipinski definition) is 5. The molecule has 1 amide bonds. The minimum absolute atomic E-state index is 0.0956. The van der Waals surface area contributed by atoms with Crippen LogP contribution in [0.4, 0.5) is 0 Å². The zero-order valence-corrected chi connectivity index (χ0v) is 15.5. The number of carbonyl (C=O) groups excluding carboxylic acids is 1. The average Bonchev–Trinajstić information content (AvgIpc) is 3.19. The fraction of sp³-hybridized carbons (Fsp3) is 0.667. The van der Waals surface area contributed by atoms with Crippen LogP contribution in [0, 0.1) is 13.8 Å². The van der Waals surface area contributed by atoms with E-state index < -0.39 is 0 Å². The molecule has 0 unspecified atom stereocenters. The second-order valence-electron chi connectivity index (χ2n) is 7.14. The zero-order valence-electron chi connectivity index (χ0n) is 15.5. The first-order chi connectivity index (χ1) is 12.0. The number of amides is 1. The summed E-state index contributed by atoms with van der Waals surface area (Å²) in [5, 5.41) is 8.49. The van der Waals surface area contributed by atoms with Crippen LogP contribution < -0.4 is 0 Å². The van der Waals surface area contributed by atoms with Gasteiger partial charge in [0.05, 0.1) is 5.69 Å². The molecule has 1 fully saturated rings. The molecule has 1 saturated heterocycles. The number of piperidine rings is 1. The molecule has 1 atom stereocenters. The lowest BCUT2D eigenvalue weighted by molar-refractivity contribution is -0.136. The van der Waals surface area contributed by atoms with Gasteiger partial charge in [-0.15, -0.1) is 0 Å². The Kier molecular flexibility index (Phi) is 5.20. The van der Waals surface area contributed by atoms with Crippen molar-refractivity contribution in [2.24, 2.45) is 0 Å². The molecule has 3 heterocycles. The minimum atomic E-state index is -0.0956. The lowest BCUT2D eigenvalue weighted by Crippen LogP contribution is -2.39. The third-order valence-corrected chi connectivity index (χ3v) is 4.72. The van der Waals surface area contributed by atoms with E-state index in [1.807, 2.05) is 43.3 Å². The fourth-order valence-electron chi connectivity index (χ4n) is 3.35. The number of nitrogens with zero attached hydrogens (tertiary/aromatic N) is 5. The lowest BCUT2D eigenvalue weighted by Gasteiger charge is -2.33. The Morgan fingerprint density at radius 3 is 2.80 bits per heavy atom. The highest BCUT2D eigenvalue weighted by Gasteiger charge is 2.32. The molecule has 136 valence electrons. The molecule has 2 aromatic rings. The van der Waals surface area contributed by atoms with Crippen molar-refractivity contribution in [2.45, 2.75) is 71.9 Å². The molecule has 2 aromatic heterocycles. The summed E-state index contributed by atoms with van der Waals surface area (Å²) in [4.78, 5) is 19.2. The van der Waals surface area contributed by atoms with E-state index in [4.69, 9.17) is 4.52 Å². The van der Waals surface area contributed by atoms with Crippen molar-refractivity contribution in [3.8, 4) is 0 Å². The molecule has 3 rings (SSSR count). The van der Waals surface area contributed by atoms with E-state index >= 15 is 0 Å². The molecule has 0 aliphatic carbocycles. The molecule has 25 heavy (non-hydrogen) atoms. The van der Waals surface area contributed by atoms with Crippen LogP contribution in [0.15, 0.2) is 10.6 Å². The van der Waals surface area contributed by atoms with Crippen LogP contribution >= 0.6 is 0 Å². The van der Waals surface area contributed by atoms with Crippen molar-refractivity contribution in [3.63, 3.8) is 0 Å². The number of rotatable bonds is 5. The Bertz CT molecular complexity index is 734. The van der Waals surface area contributed by atoms with Gasteiger partial charge >= 0.3 is 0 Å². The lowest BCUT2D eigenvalue weighted by atomic mass is 10.0. The maximum atomic E-state index is 12.8. The average molecular weight is 345 g/mol. The molecule has 0 bridgehead atoms. The Morgan fingerprint density at radius 2 is 2.16 bits per heavy atom. The molecule has 7 nitrogen and oxygen atoms in total. The second kappa shape index (κ2) is 7.37. The number of hydrogen-bond donors (Lipinski definition) is 0. The molecule has 0 spiro atoms. The van der Waals surface area contributed by atoms with Gasteiger partial charge in [-0.2, -0.15) is 10.1 Å². The minimum Gasteiger partial charge on any atom is -0.337 e. The van der Waals surface area contributed by atoms with Gasteiger partial charge in [0.15, 0.2) is 5.82 Å². The molecule has 0 aromatic carbocycles. The van der Waals surface area contributed by atoms with E-state index in [2.05, 4.69) is 15.2 Å². The highest BCUT2D eigenvalue weighted by atomic mass is 16.5. The SMILES string of the molecule is Cc1cc(C)n(CCC(=O)N2CCCC[C@H]2c2nc(C(C)C)no2)n1. The van der Waals surface area contributed by atoms with Gasteiger partial charge in [0.1, 0.15) is 6.04 Å².